The standard InChI is InChI=1S/C14H11ClN4OS/c1-8-9-3-2-4-10(15)13(9)18-12(8)14(20)19-17-7-11-16-5-6-21-11/h2-7,18H,1H3,(H,19,20). The van der Waals surface area contributed by atoms with E-state index in [2.05, 4.69) is 20.5 Å². The monoisotopic (exact) mass is 318 g/mol. The molecule has 106 valence electrons. The van der Waals surface area contributed by atoms with E-state index in [1.807, 2.05) is 24.4 Å². The highest BCUT2D eigenvalue weighted by Crippen LogP contribution is 2.27. The first-order chi connectivity index (χ1) is 10.2. The molecule has 0 saturated heterocycles. The molecule has 0 fully saturated rings. The third-order valence-electron chi connectivity index (χ3n) is 3.06. The molecule has 3 aromatic rings. The minimum absolute atomic E-state index is 0.312. The zero-order valence-corrected chi connectivity index (χ0v) is 12.6. The number of aromatic amines is 1. The van der Waals surface area contributed by atoms with Crippen LogP contribution in [0, 0.1) is 6.92 Å². The molecule has 0 aliphatic carbocycles. The molecule has 5 nitrogen and oxygen atoms in total. The predicted octanol–water partition coefficient (Wildman–Crippen LogP) is 3.35. The van der Waals surface area contributed by atoms with Crippen molar-refractivity contribution in [1.29, 1.82) is 0 Å². The third kappa shape index (κ3) is 2.68. The van der Waals surface area contributed by atoms with Crippen molar-refractivity contribution >= 4 is 46.0 Å². The zero-order valence-electron chi connectivity index (χ0n) is 11.1. The Labute approximate surface area is 129 Å². The number of H-pyrrole nitrogens is 1. The Bertz CT molecular complexity index is 823. The van der Waals surface area contributed by atoms with Gasteiger partial charge in [0.25, 0.3) is 5.91 Å². The molecule has 0 spiro atoms. The first-order valence-electron chi connectivity index (χ1n) is 6.16. The number of carbonyl (C=O) groups excluding carboxylic acids is 1. The molecule has 0 saturated carbocycles. The van der Waals surface area contributed by atoms with Crippen LogP contribution in [0.3, 0.4) is 0 Å². The number of aromatic nitrogens is 2. The number of fused-ring (bicyclic) bond motifs is 1. The molecule has 2 aromatic heterocycles. The smallest absolute Gasteiger partial charge is 0.288 e. The highest BCUT2D eigenvalue weighted by Gasteiger charge is 2.15. The van der Waals surface area contributed by atoms with Crippen LogP contribution in [0.25, 0.3) is 10.9 Å². The molecule has 7 heteroatoms. The molecular weight excluding hydrogens is 308 g/mol. The van der Waals surface area contributed by atoms with Gasteiger partial charge in [-0.05, 0) is 18.6 Å². The number of benzene rings is 1. The molecular formula is C14H11ClN4OS. The molecule has 0 aliphatic heterocycles. The fourth-order valence-corrected chi connectivity index (χ4v) is 2.76. The molecule has 0 atom stereocenters. The maximum absolute atomic E-state index is 12.2. The molecule has 0 radical (unpaired) electrons. The lowest BCUT2D eigenvalue weighted by Crippen LogP contribution is -2.18. The van der Waals surface area contributed by atoms with Crippen LogP contribution in [0.15, 0.2) is 34.9 Å². The van der Waals surface area contributed by atoms with Gasteiger partial charge in [0.2, 0.25) is 0 Å². The predicted molar refractivity (Wildman–Crippen MR) is 85.2 cm³/mol. The Morgan fingerprint density at radius 3 is 3.10 bits per heavy atom. The van der Waals surface area contributed by atoms with E-state index in [1.54, 1.807) is 12.3 Å². The van der Waals surface area contributed by atoms with Crippen LogP contribution in [0.2, 0.25) is 5.02 Å². The lowest BCUT2D eigenvalue weighted by molar-refractivity contribution is 0.0950. The highest BCUT2D eigenvalue weighted by molar-refractivity contribution is 7.11. The summed E-state index contributed by atoms with van der Waals surface area (Å²) in [6.07, 6.45) is 3.19. The average molecular weight is 319 g/mol. The number of thiazole rings is 1. The molecule has 0 bridgehead atoms. The lowest BCUT2D eigenvalue weighted by Gasteiger charge is -1.97. The number of aryl methyl sites for hydroxylation is 1. The number of hydrogen-bond donors (Lipinski definition) is 2. The van der Waals surface area contributed by atoms with E-state index in [4.69, 9.17) is 11.6 Å². The largest absolute Gasteiger partial charge is 0.349 e. The van der Waals surface area contributed by atoms with Crippen molar-refractivity contribution in [3.8, 4) is 0 Å². The summed E-state index contributed by atoms with van der Waals surface area (Å²) in [5.74, 6) is -0.312. The normalized spacial score (nSPS) is 11.3. The van der Waals surface area contributed by atoms with Crippen LogP contribution < -0.4 is 5.43 Å². The van der Waals surface area contributed by atoms with Crippen LogP contribution in [-0.4, -0.2) is 22.1 Å². The topological polar surface area (TPSA) is 70.1 Å². The second kappa shape index (κ2) is 5.67. The first-order valence-corrected chi connectivity index (χ1v) is 7.42. The molecule has 2 heterocycles. The number of nitrogens with zero attached hydrogens (tertiary/aromatic N) is 2. The van der Waals surface area contributed by atoms with E-state index >= 15 is 0 Å². The minimum Gasteiger partial charge on any atom is -0.349 e. The number of amides is 1. The second-order valence-electron chi connectivity index (χ2n) is 4.36. The highest BCUT2D eigenvalue weighted by atomic mass is 35.5. The van der Waals surface area contributed by atoms with Crippen molar-refractivity contribution in [1.82, 2.24) is 15.4 Å². The van der Waals surface area contributed by atoms with Gasteiger partial charge >= 0.3 is 0 Å². The number of hydrazone groups is 1. The van der Waals surface area contributed by atoms with E-state index in [9.17, 15) is 4.79 Å². The fourth-order valence-electron chi connectivity index (χ4n) is 2.04. The molecule has 2 N–H and O–H groups in total. The van der Waals surface area contributed by atoms with Gasteiger partial charge in [-0.25, -0.2) is 10.4 Å². The quantitative estimate of drug-likeness (QED) is 0.574. The van der Waals surface area contributed by atoms with Crippen molar-refractivity contribution in [2.45, 2.75) is 6.92 Å². The number of nitrogens with one attached hydrogen (secondary N) is 2. The molecule has 21 heavy (non-hydrogen) atoms. The van der Waals surface area contributed by atoms with E-state index < -0.39 is 0 Å². The van der Waals surface area contributed by atoms with Crippen molar-refractivity contribution in [2.24, 2.45) is 5.10 Å². The van der Waals surface area contributed by atoms with Gasteiger partial charge in [0, 0.05) is 17.0 Å². The Morgan fingerprint density at radius 1 is 1.52 bits per heavy atom. The third-order valence-corrected chi connectivity index (χ3v) is 4.09. The SMILES string of the molecule is Cc1c(C(=O)NN=Cc2nccs2)[nH]c2c(Cl)cccc12. The number of rotatable bonds is 3. The number of para-hydroxylation sites is 1. The van der Waals surface area contributed by atoms with E-state index in [-0.39, 0.29) is 5.91 Å². The van der Waals surface area contributed by atoms with E-state index in [0.29, 0.717) is 10.7 Å². The summed E-state index contributed by atoms with van der Waals surface area (Å²) in [5, 5.41) is 7.97. The molecule has 1 aromatic carbocycles. The van der Waals surface area contributed by atoms with Gasteiger partial charge in [-0.1, -0.05) is 23.7 Å². The summed E-state index contributed by atoms with van der Waals surface area (Å²) in [4.78, 5) is 19.2. The first kappa shape index (κ1) is 13.8. The number of halogens is 1. The van der Waals surface area contributed by atoms with Crippen LogP contribution in [-0.2, 0) is 0 Å². The summed E-state index contributed by atoms with van der Waals surface area (Å²) >= 11 is 7.56. The van der Waals surface area contributed by atoms with E-state index in [1.165, 1.54) is 17.6 Å². The van der Waals surface area contributed by atoms with Crippen LogP contribution in [0.1, 0.15) is 21.1 Å². The maximum atomic E-state index is 12.2. The summed E-state index contributed by atoms with van der Waals surface area (Å²) in [5.41, 5.74) is 4.53. The van der Waals surface area contributed by atoms with Gasteiger partial charge in [0.15, 0.2) is 0 Å². The summed E-state index contributed by atoms with van der Waals surface area (Å²) in [6, 6.07) is 5.55. The Morgan fingerprint density at radius 2 is 2.38 bits per heavy atom. The number of carbonyl (C=O) groups is 1. The van der Waals surface area contributed by atoms with Gasteiger partial charge in [0.1, 0.15) is 10.7 Å². The van der Waals surface area contributed by atoms with Crippen molar-refractivity contribution in [3.63, 3.8) is 0 Å². The summed E-state index contributed by atoms with van der Waals surface area (Å²) in [6.45, 7) is 1.87. The van der Waals surface area contributed by atoms with Gasteiger partial charge in [0.05, 0.1) is 16.8 Å². The van der Waals surface area contributed by atoms with Crippen LogP contribution in [0.4, 0.5) is 0 Å². The van der Waals surface area contributed by atoms with Crippen molar-refractivity contribution < 1.29 is 4.79 Å². The van der Waals surface area contributed by atoms with Crippen molar-refractivity contribution in [2.75, 3.05) is 0 Å². The molecule has 1 amide bonds. The fraction of sp³-hybridized carbons (Fsp3) is 0.0714. The van der Waals surface area contributed by atoms with E-state index in [0.717, 1.165) is 21.5 Å². The second-order valence-corrected chi connectivity index (χ2v) is 5.69. The maximum Gasteiger partial charge on any atom is 0.288 e. The number of hydrogen-bond acceptors (Lipinski definition) is 4. The van der Waals surface area contributed by atoms with Gasteiger partial charge < -0.3 is 4.98 Å². The summed E-state index contributed by atoms with van der Waals surface area (Å²) in [7, 11) is 0. The summed E-state index contributed by atoms with van der Waals surface area (Å²) < 4.78 is 0. The van der Waals surface area contributed by atoms with Gasteiger partial charge in [-0.2, -0.15) is 5.10 Å². The molecule has 3 rings (SSSR count). The molecule has 0 unspecified atom stereocenters. The van der Waals surface area contributed by atoms with Gasteiger partial charge in [-0.3, -0.25) is 4.79 Å². The molecule has 0 aliphatic rings. The van der Waals surface area contributed by atoms with Crippen LogP contribution in [0.5, 0.6) is 0 Å². The lowest BCUT2D eigenvalue weighted by atomic mass is 10.1. The average Bonchev–Trinajstić information content (AvgIpc) is 3.08. The van der Waals surface area contributed by atoms with Crippen molar-refractivity contribution in [3.05, 3.63) is 51.1 Å². The van der Waals surface area contributed by atoms with Crippen LogP contribution >= 0.6 is 22.9 Å². The minimum atomic E-state index is -0.312. The Kier molecular flexibility index (Phi) is 3.72. The zero-order chi connectivity index (χ0) is 14.8. The van der Waals surface area contributed by atoms with Gasteiger partial charge in [-0.15, -0.1) is 11.3 Å². The Hall–Kier alpha value is -2.18. The Balaban J connectivity index is 1.85.